The average molecular weight is 276 g/mol. The molecular weight excluding hydrogens is 256 g/mol. The van der Waals surface area contributed by atoms with Crippen LogP contribution < -0.4 is 5.32 Å². The van der Waals surface area contributed by atoms with Crippen molar-refractivity contribution in [1.82, 2.24) is 10.2 Å². The standard InChI is InChI=1S/C15H20N2O3/c1-11(20-2)10-17-9-8-13(18)16-14(15(17)19)12-6-4-3-5-7-12/h3-7,11,14H,8-10H2,1-2H3,(H,16,18). The molecule has 2 rings (SSSR count). The van der Waals surface area contributed by atoms with Crippen molar-refractivity contribution in [2.45, 2.75) is 25.5 Å². The van der Waals surface area contributed by atoms with Gasteiger partial charge >= 0.3 is 0 Å². The minimum absolute atomic E-state index is 0.0522. The highest BCUT2D eigenvalue weighted by atomic mass is 16.5. The number of nitrogens with zero attached hydrogens (tertiary/aromatic N) is 1. The SMILES string of the molecule is COC(C)CN1CCC(=O)NC(c2ccccc2)C1=O. The molecule has 20 heavy (non-hydrogen) atoms. The first-order valence-electron chi connectivity index (χ1n) is 6.77. The van der Waals surface area contributed by atoms with E-state index < -0.39 is 6.04 Å². The molecule has 1 aliphatic heterocycles. The van der Waals surface area contributed by atoms with Crippen LogP contribution in [-0.2, 0) is 14.3 Å². The molecule has 1 aliphatic rings. The summed E-state index contributed by atoms with van der Waals surface area (Å²) in [6.45, 7) is 2.83. The number of benzene rings is 1. The van der Waals surface area contributed by atoms with E-state index in [2.05, 4.69) is 5.32 Å². The minimum Gasteiger partial charge on any atom is -0.380 e. The summed E-state index contributed by atoms with van der Waals surface area (Å²) in [5, 5.41) is 2.80. The van der Waals surface area contributed by atoms with Crippen molar-refractivity contribution in [1.29, 1.82) is 0 Å². The molecule has 1 aromatic rings. The van der Waals surface area contributed by atoms with Crippen LogP contribution in [0.25, 0.3) is 0 Å². The molecule has 0 aromatic heterocycles. The van der Waals surface area contributed by atoms with Gasteiger partial charge < -0.3 is 15.0 Å². The lowest BCUT2D eigenvalue weighted by atomic mass is 10.1. The summed E-state index contributed by atoms with van der Waals surface area (Å²) in [5.74, 6) is -0.175. The number of ether oxygens (including phenoxy) is 1. The Balaban J connectivity index is 2.21. The maximum atomic E-state index is 12.6. The van der Waals surface area contributed by atoms with E-state index in [9.17, 15) is 9.59 Å². The fourth-order valence-corrected chi connectivity index (χ4v) is 2.26. The van der Waals surface area contributed by atoms with Gasteiger partial charge in [-0.1, -0.05) is 30.3 Å². The van der Waals surface area contributed by atoms with Gasteiger partial charge in [0, 0.05) is 26.6 Å². The first-order valence-corrected chi connectivity index (χ1v) is 6.77. The van der Waals surface area contributed by atoms with Crippen LogP contribution in [0.3, 0.4) is 0 Å². The second-order valence-electron chi connectivity index (χ2n) is 4.99. The van der Waals surface area contributed by atoms with Gasteiger partial charge in [-0.05, 0) is 12.5 Å². The number of nitrogens with one attached hydrogen (secondary N) is 1. The van der Waals surface area contributed by atoms with Crippen molar-refractivity contribution < 1.29 is 14.3 Å². The molecule has 5 nitrogen and oxygen atoms in total. The maximum Gasteiger partial charge on any atom is 0.249 e. The van der Waals surface area contributed by atoms with E-state index in [0.29, 0.717) is 19.5 Å². The van der Waals surface area contributed by atoms with E-state index in [1.807, 2.05) is 37.3 Å². The topological polar surface area (TPSA) is 58.6 Å². The molecule has 1 heterocycles. The molecular formula is C15H20N2O3. The zero-order valence-electron chi connectivity index (χ0n) is 11.8. The molecule has 2 atom stereocenters. The Hall–Kier alpha value is -1.88. The van der Waals surface area contributed by atoms with Gasteiger partial charge in [-0.3, -0.25) is 9.59 Å². The summed E-state index contributed by atoms with van der Waals surface area (Å²) in [4.78, 5) is 26.1. The van der Waals surface area contributed by atoms with Crippen molar-refractivity contribution in [2.75, 3.05) is 20.2 Å². The summed E-state index contributed by atoms with van der Waals surface area (Å²) in [6.07, 6.45) is 0.273. The Bertz CT molecular complexity index is 475. The number of hydrogen-bond donors (Lipinski definition) is 1. The van der Waals surface area contributed by atoms with E-state index >= 15 is 0 Å². The van der Waals surface area contributed by atoms with Gasteiger partial charge in [0.2, 0.25) is 11.8 Å². The minimum atomic E-state index is -0.602. The van der Waals surface area contributed by atoms with Gasteiger partial charge in [-0.25, -0.2) is 0 Å². The number of methoxy groups -OCH3 is 1. The lowest BCUT2D eigenvalue weighted by Crippen LogP contribution is -2.41. The molecule has 0 radical (unpaired) electrons. The van der Waals surface area contributed by atoms with Crippen molar-refractivity contribution in [3.63, 3.8) is 0 Å². The zero-order chi connectivity index (χ0) is 14.5. The zero-order valence-corrected chi connectivity index (χ0v) is 11.8. The Morgan fingerprint density at radius 3 is 2.70 bits per heavy atom. The molecule has 5 heteroatoms. The van der Waals surface area contributed by atoms with Gasteiger partial charge in [-0.15, -0.1) is 0 Å². The Labute approximate surface area is 118 Å². The Kier molecular flexibility index (Phi) is 4.74. The predicted molar refractivity (Wildman–Crippen MR) is 75.0 cm³/mol. The second kappa shape index (κ2) is 6.52. The van der Waals surface area contributed by atoms with Crippen molar-refractivity contribution in [2.24, 2.45) is 0 Å². The molecule has 0 spiro atoms. The normalized spacial score (nSPS) is 21.3. The summed E-state index contributed by atoms with van der Waals surface area (Å²) >= 11 is 0. The highest BCUT2D eigenvalue weighted by Gasteiger charge is 2.31. The fraction of sp³-hybridized carbons (Fsp3) is 0.467. The Morgan fingerprint density at radius 2 is 2.05 bits per heavy atom. The van der Waals surface area contributed by atoms with Gasteiger partial charge in [0.25, 0.3) is 0 Å². The monoisotopic (exact) mass is 276 g/mol. The molecule has 108 valence electrons. The summed E-state index contributed by atoms with van der Waals surface area (Å²) in [7, 11) is 1.62. The Morgan fingerprint density at radius 1 is 1.35 bits per heavy atom. The van der Waals surface area contributed by atoms with Crippen LogP contribution in [0.5, 0.6) is 0 Å². The smallest absolute Gasteiger partial charge is 0.249 e. The first-order chi connectivity index (χ1) is 9.61. The van der Waals surface area contributed by atoms with Crippen LogP contribution in [0, 0.1) is 0 Å². The number of carbonyl (C=O) groups is 2. The fourth-order valence-electron chi connectivity index (χ4n) is 2.26. The van der Waals surface area contributed by atoms with Crippen LogP contribution in [-0.4, -0.2) is 43.0 Å². The van der Waals surface area contributed by atoms with Crippen molar-refractivity contribution >= 4 is 11.8 Å². The van der Waals surface area contributed by atoms with E-state index in [-0.39, 0.29) is 17.9 Å². The van der Waals surface area contributed by atoms with Gasteiger partial charge in [-0.2, -0.15) is 0 Å². The van der Waals surface area contributed by atoms with E-state index in [0.717, 1.165) is 5.56 Å². The van der Waals surface area contributed by atoms with Crippen LogP contribution in [0.4, 0.5) is 0 Å². The molecule has 0 bridgehead atoms. The number of amides is 2. The lowest BCUT2D eigenvalue weighted by Gasteiger charge is -2.26. The highest BCUT2D eigenvalue weighted by Crippen LogP contribution is 2.19. The molecule has 2 unspecified atom stereocenters. The number of rotatable bonds is 4. The predicted octanol–water partition coefficient (Wildman–Crippen LogP) is 1.11. The van der Waals surface area contributed by atoms with Crippen LogP contribution >= 0.6 is 0 Å². The quantitative estimate of drug-likeness (QED) is 0.896. The maximum absolute atomic E-state index is 12.6. The van der Waals surface area contributed by atoms with E-state index in [1.165, 1.54) is 0 Å². The van der Waals surface area contributed by atoms with Crippen LogP contribution in [0.1, 0.15) is 24.9 Å². The van der Waals surface area contributed by atoms with Crippen molar-refractivity contribution in [3.8, 4) is 0 Å². The first kappa shape index (κ1) is 14.5. The van der Waals surface area contributed by atoms with Crippen molar-refractivity contribution in [3.05, 3.63) is 35.9 Å². The van der Waals surface area contributed by atoms with Crippen LogP contribution in [0.15, 0.2) is 30.3 Å². The third kappa shape index (κ3) is 3.36. The molecule has 1 N–H and O–H groups in total. The van der Waals surface area contributed by atoms with E-state index in [1.54, 1.807) is 12.0 Å². The third-order valence-electron chi connectivity index (χ3n) is 3.49. The molecule has 1 aromatic carbocycles. The largest absolute Gasteiger partial charge is 0.380 e. The van der Waals surface area contributed by atoms with Crippen LogP contribution in [0.2, 0.25) is 0 Å². The average Bonchev–Trinajstić information content (AvgIpc) is 2.61. The molecule has 2 amide bonds. The summed E-state index contributed by atoms with van der Waals surface area (Å²) in [5.41, 5.74) is 0.808. The molecule has 0 aliphatic carbocycles. The summed E-state index contributed by atoms with van der Waals surface area (Å²) < 4.78 is 5.21. The number of hydrogen-bond acceptors (Lipinski definition) is 3. The summed E-state index contributed by atoms with van der Waals surface area (Å²) in [6, 6.07) is 8.72. The molecule has 1 saturated heterocycles. The molecule has 1 fully saturated rings. The van der Waals surface area contributed by atoms with Gasteiger partial charge in [0.1, 0.15) is 6.04 Å². The van der Waals surface area contributed by atoms with Gasteiger partial charge in [0.15, 0.2) is 0 Å². The second-order valence-corrected chi connectivity index (χ2v) is 4.99. The number of carbonyl (C=O) groups excluding carboxylic acids is 2. The third-order valence-corrected chi connectivity index (χ3v) is 3.49. The highest BCUT2D eigenvalue weighted by molar-refractivity contribution is 5.90. The van der Waals surface area contributed by atoms with E-state index in [4.69, 9.17) is 4.74 Å². The molecule has 0 saturated carbocycles. The van der Waals surface area contributed by atoms with Gasteiger partial charge in [0.05, 0.1) is 6.10 Å². The lowest BCUT2D eigenvalue weighted by molar-refractivity contribution is -0.135.